The quantitative estimate of drug-likeness (QED) is 0.0222. The highest BCUT2D eigenvalue weighted by atomic mass is 31.2. The van der Waals surface area contributed by atoms with Crippen molar-refractivity contribution in [2.24, 2.45) is 17.8 Å². The Kier molecular flexibility index (Phi) is 54.1. The molecule has 0 aromatic heterocycles. The number of aliphatic hydroxyl groups is 1. The van der Waals surface area contributed by atoms with E-state index in [2.05, 4.69) is 48.5 Å². The molecule has 0 aromatic carbocycles. The summed E-state index contributed by atoms with van der Waals surface area (Å²) in [5.74, 6) is 0.0978. The van der Waals surface area contributed by atoms with Gasteiger partial charge in [0.05, 0.1) is 26.4 Å². The number of rotatable bonds is 62. The van der Waals surface area contributed by atoms with Gasteiger partial charge in [-0.3, -0.25) is 37.3 Å². The first-order valence-corrected chi connectivity index (χ1v) is 36.4. The van der Waals surface area contributed by atoms with Crippen molar-refractivity contribution in [3.05, 3.63) is 0 Å². The van der Waals surface area contributed by atoms with E-state index in [1.165, 1.54) is 109 Å². The summed E-state index contributed by atoms with van der Waals surface area (Å²) in [5, 5.41) is 10.5. The van der Waals surface area contributed by atoms with Crippen LogP contribution in [0.2, 0.25) is 0 Å². The molecule has 0 saturated carbocycles. The van der Waals surface area contributed by atoms with Crippen molar-refractivity contribution in [1.82, 2.24) is 0 Å². The van der Waals surface area contributed by atoms with Crippen molar-refractivity contribution in [3.8, 4) is 0 Å². The Labute approximate surface area is 505 Å². The number of hydrogen-bond acceptors (Lipinski definition) is 15. The Balaban J connectivity index is 5.14. The molecule has 0 radical (unpaired) electrons. The van der Waals surface area contributed by atoms with Crippen LogP contribution < -0.4 is 0 Å². The van der Waals surface area contributed by atoms with Crippen molar-refractivity contribution in [3.63, 3.8) is 0 Å². The molecule has 0 aliphatic rings. The van der Waals surface area contributed by atoms with Gasteiger partial charge in [-0.2, -0.15) is 0 Å². The van der Waals surface area contributed by atoms with Crippen LogP contribution in [0.1, 0.15) is 312 Å². The average molecular weight is 1230 g/mol. The van der Waals surface area contributed by atoms with Crippen LogP contribution in [0.5, 0.6) is 0 Å². The number of carbonyl (C=O) groups excluding carboxylic acids is 4. The molecule has 0 rings (SSSR count). The highest BCUT2D eigenvalue weighted by molar-refractivity contribution is 7.47. The van der Waals surface area contributed by atoms with Crippen LogP contribution in [0, 0.1) is 17.8 Å². The van der Waals surface area contributed by atoms with Crippen LogP contribution in [0.3, 0.4) is 0 Å². The van der Waals surface area contributed by atoms with Crippen LogP contribution in [-0.2, 0) is 65.4 Å². The molecule has 0 aromatic rings. The molecule has 17 nitrogen and oxygen atoms in total. The van der Waals surface area contributed by atoms with E-state index in [0.717, 1.165) is 109 Å². The lowest BCUT2D eigenvalue weighted by Crippen LogP contribution is -2.30. The fourth-order valence-corrected chi connectivity index (χ4v) is 11.0. The minimum atomic E-state index is -4.94. The van der Waals surface area contributed by atoms with Gasteiger partial charge in [0.25, 0.3) is 0 Å². The van der Waals surface area contributed by atoms with Crippen LogP contribution in [-0.4, -0.2) is 96.7 Å². The normalized spacial score (nSPS) is 14.7. The maximum Gasteiger partial charge on any atom is 0.472 e. The monoisotopic (exact) mass is 1230 g/mol. The number of esters is 4. The molecule has 0 aliphatic carbocycles. The molecule has 0 amide bonds. The fourth-order valence-electron chi connectivity index (χ4n) is 9.45. The van der Waals surface area contributed by atoms with Crippen molar-refractivity contribution >= 4 is 39.5 Å². The predicted molar refractivity (Wildman–Crippen MR) is 331 cm³/mol. The van der Waals surface area contributed by atoms with Crippen LogP contribution >= 0.6 is 15.6 Å². The Morgan fingerprint density at radius 2 is 0.614 bits per heavy atom. The maximum atomic E-state index is 13.0. The van der Waals surface area contributed by atoms with Crippen molar-refractivity contribution in [1.29, 1.82) is 0 Å². The highest BCUT2D eigenvalue weighted by Gasteiger charge is 2.30. The van der Waals surface area contributed by atoms with Crippen molar-refractivity contribution < 1.29 is 80.2 Å². The molecule has 83 heavy (non-hydrogen) atoms. The van der Waals surface area contributed by atoms with Gasteiger partial charge in [0, 0.05) is 25.7 Å². The zero-order valence-electron chi connectivity index (χ0n) is 53.6. The van der Waals surface area contributed by atoms with Gasteiger partial charge >= 0.3 is 39.5 Å². The Morgan fingerprint density at radius 3 is 0.916 bits per heavy atom. The third-order valence-electron chi connectivity index (χ3n) is 15.0. The van der Waals surface area contributed by atoms with Gasteiger partial charge in [-0.05, 0) is 43.4 Å². The smallest absolute Gasteiger partial charge is 0.462 e. The van der Waals surface area contributed by atoms with E-state index < -0.39 is 97.5 Å². The number of aliphatic hydroxyl groups excluding tert-OH is 1. The summed E-state index contributed by atoms with van der Waals surface area (Å²) in [6.07, 6.45) is 36.7. The van der Waals surface area contributed by atoms with Crippen LogP contribution in [0.4, 0.5) is 0 Å². The first kappa shape index (κ1) is 81.1. The molecular weight excluding hydrogens is 1100 g/mol. The zero-order chi connectivity index (χ0) is 61.7. The summed E-state index contributed by atoms with van der Waals surface area (Å²) >= 11 is 0. The summed E-state index contributed by atoms with van der Waals surface area (Å²) < 4.78 is 67.8. The van der Waals surface area contributed by atoms with Gasteiger partial charge in [-0.1, -0.05) is 260 Å². The molecule has 0 fully saturated rings. The Morgan fingerprint density at radius 1 is 0.349 bits per heavy atom. The van der Waals surface area contributed by atoms with E-state index in [1.807, 2.05) is 0 Å². The number of phosphoric acid groups is 2. The summed E-state index contributed by atoms with van der Waals surface area (Å²) in [5.41, 5.74) is 0. The van der Waals surface area contributed by atoms with Crippen molar-refractivity contribution in [2.75, 3.05) is 39.6 Å². The molecular formula is C64H124O17P2. The molecule has 0 spiro atoms. The first-order chi connectivity index (χ1) is 39.8. The molecule has 3 N–H and O–H groups in total. The minimum absolute atomic E-state index is 0.102. The van der Waals surface area contributed by atoms with Crippen LogP contribution in [0.25, 0.3) is 0 Å². The first-order valence-electron chi connectivity index (χ1n) is 33.4. The van der Waals surface area contributed by atoms with E-state index in [1.54, 1.807) is 0 Å². The second kappa shape index (κ2) is 55.4. The van der Waals surface area contributed by atoms with E-state index in [4.69, 9.17) is 37.0 Å². The number of hydrogen-bond donors (Lipinski definition) is 3. The third kappa shape index (κ3) is 57.6. The van der Waals surface area contributed by atoms with E-state index in [-0.39, 0.29) is 25.7 Å². The topological polar surface area (TPSA) is 237 Å². The van der Waals surface area contributed by atoms with Gasteiger partial charge in [-0.15, -0.1) is 0 Å². The molecule has 0 bridgehead atoms. The number of carbonyl (C=O) groups is 4. The standard InChI is InChI=1S/C64H124O17P2/c1-8-10-11-28-38-45-61(66)74-51-59(80-64(69)48-41-34-27-21-23-30-36-43-56(5)6)53-78-82(70,71)76-49-58(65)50-77-83(72,73)79-54-60(52-75-62(67)46-39-32-26-20-22-29-35-42-55(3)4)81-63(68)47-40-33-25-19-17-15-13-12-14-16-18-24-31-37-44-57(7)9-2/h55-60,65H,8-54H2,1-7H3,(H,70,71)(H,72,73)/t57?,58-,59+,60+/m0/s1. The van der Waals surface area contributed by atoms with Gasteiger partial charge in [0.2, 0.25) is 0 Å². The molecule has 6 atom stereocenters. The lowest BCUT2D eigenvalue weighted by Gasteiger charge is -2.21. The largest absolute Gasteiger partial charge is 0.472 e. The van der Waals surface area contributed by atoms with E-state index >= 15 is 0 Å². The summed E-state index contributed by atoms with van der Waals surface area (Å²) in [6.45, 7) is 11.6. The van der Waals surface area contributed by atoms with Crippen LogP contribution in [0.15, 0.2) is 0 Å². The SMILES string of the molecule is CCCCCCCC(=O)OC[C@H](COP(=O)(O)OC[C@H](O)COP(=O)(O)OC[C@@H](COC(=O)CCCCCCCCCC(C)C)OC(=O)CCCCCCCCCCCCCCCCC(C)CC)OC(=O)CCCCCCCCCC(C)C. The number of phosphoric ester groups is 2. The lowest BCUT2D eigenvalue weighted by molar-refractivity contribution is -0.161. The predicted octanol–water partition coefficient (Wildman–Crippen LogP) is 17.5. The highest BCUT2D eigenvalue weighted by Crippen LogP contribution is 2.45. The molecule has 0 heterocycles. The third-order valence-corrected chi connectivity index (χ3v) is 16.9. The van der Waals surface area contributed by atoms with Gasteiger partial charge < -0.3 is 33.8 Å². The molecule has 492 valence electrons. The molecule has 0 saturated heterocycles. The molecule has 3 unspecified atom stereocenters. The Hall–Kier alpha value is -1.94. The molecule has 0 aliphatic heterocycles. The number of ether oxygens (including phenoxy) is 4. The second-order valence-electron chi connectivity index (χ2n) is 24.3. The lowest BCUT2D eigenvalue weighted by atomic mass is 9.99. The van der Waals surface area contributed by atoms with Crippen molar-refractivity contribution in [2.45, 2.75) is 330 Å². The Bertz CT molecular complexity index is 1650. The second-order valence-corrected chi connectivity index (χ2v) is 27.3. The average Bonchev–Trinajstić information content (AvgIpc) is 3.48. The summed E-state index contributed by atoms with van der Waals surface area (Å²) in [6, 6.07) is 0. The maximum absolute atomic E-state index is 13.0. The van der Waals surface area contributed by atoms with Gasteiger partial charge in [0.1, 0.15) is 19.3 Å². The fraction of sp³-hybridized carbons (Fsp3) is 0.938. The van der Waals surface area contributed by atoms with E-state index in [9.17, 15) is 43.2 Å². The minimum Gasteiger partial charge on any atom is -0.462 e. The van der Waals surface area contributed by atoms with E-state index in [0.29, 0.717) is 37.5 Å². The molecule has 19 heteroatoms. The summed E-state index contributed by atoms with van der Waals surface area (Å²) in [7, 11) is -9.88. The zero-order valence-corrected chi connectivity index (χ0v) is 55.4. The summed E-state index contributed by atoms with van der Waals surface area (Å²) in [4.78, 5) is 71.9. The van der Waals surface area contributed by atoms with Gasteiger partial charge in [-0.25, -0.2) is 9.13 Å². The number of unbranched alkanes of at least 4 members (excludes halogenated alkanes) is 29. The van der Waals surface area contributed by atoms with Gasteiger partial charge in [0.15, 0.2) is 12.2 Å².